The summed E-state index contributed by atoms with van der Waals surface area (Å²) in [6, 6.07) is -1.01. The van der Waals surface area contributed by atoms with E-state index in [0.717, 1.165) is 51.4 Å². The molecule has 0 aliphatic rings. The number of phosphoric ester groups is 1. The molecule has 0 aromatic carbocycles. The number of carbonyl (C=O) groups is 1. The monoisotopic (exact) mass is 795 g/mol. The molecule has 10 heteroatoms. The van der Waals surface area contributed by atoms with Crippen molar-refractivity contribution < 1.29 is 33.5 Å². The Hall–Kier alpha value is -1.84. The Morgan fingerprint density at radius 1 is 0.636 bits per heavy atom. The second-order valence-corrected chi connectivity index (χ2v) is 16.2. The molecule has 0 aromatic rings. The summed E-state index contributed by atoms with van der Waals surface area (Å²) in [5.74, 6) is -0.467. The van der Waals surface area contributed by atoms with Crippen LogP contribution in [0.5, 0.6) is 0 Å². The Morgan fingerprint density at radius 2 is 1.09 bits per heavy atom. The highest BCUT2D eigenvalue weighted by molar-refractivity contribution is 7.47. The van der Waals surface area contributed by atoms with Gasteiger partial charge in [-0.15, -0.1) is 0 Å². The van der Waals surface area contributed by atoms with Gasteiger partial charge in [-0.25, -0.2) is 4.57 Å². The second-order valence-electron chi connectivity index (χ2n) is 14.7. The van der Waals surface area contributed by atoms with Crippen molar-refractivity contribution in [3.05, 3.63) is 60.8 Å². The molecule has 4 atom stereocenters. The lowest BCUT2D eigenvalue weighted by Crippen LogP contribution is -2.46. The average Bonchev–Trinajstić information content (AvgIpc) is 3.16. The molecule has 0 bridgehead atoms. The van der Waals surface area contributed by atoms with E-state index in [2.05, 4.69) is 67.8 Å². The van der Waals surface area contributed by atoms with E-state index in [1.165, 1.54) is 96.3 Å². The number of carbonyl (C=O) groups excluding carboxylic acids is 1. The van der Waals surface area contributed by atoms with Gasteiger partial charge in [0.1, 0.15) is 0 Å². The van der Waals surface area contributed by atoms with E-state index in [1.54, 1.807) is 6.08 Å². The van der Waals surface area contributed by atoms with Crippen LogP contribution in [-0.4, -0.2) is 59.0 Å². The molecule has 0 radical (unpaired) electrons. The third kappa shape index (κ3) is 38.8. The Balaban J connectivity index is 4.41. The van der Waals surface area contributed by atoms with Gasteiger partial charge >= 0.3 is 7.82 Å². The smallest absolute Gasteiger partial charge is 0.393 e. The normalized spacial score (nSPS) is 15.2. The van der Waals surface area contributed by atoms with Crippen LogP contribution in [0.25, 0.3) is 0 Å². The van der Waals surface area contributed by atoms with Crippen LogP contribution in [0.4, 0.5) is 0 Å². The molecule has 4 unspecified atom stereocenters. The third-order valence-electron chi connectivity index (χ3n) is 9.38. The maximum atomic E-state index is 12.8. The zero-order valence-electron chi connectivity index (χ0n) is 35.0. The Kier molecular flexibility index (Phi) is 39.0. The van der Waals surface area contributed by atoms with E-state index in [0.29, 0.717) is 12.8 Å². The summed E-state index contributed by atoms with van der Waals surface area (Å²) in [6.07, 6.45) is 47.3. The number of phosphoric acid groups is 1. The standard InChI is InChI=1S/C45H83N2O7P/c1-3-5-7-9-11-13-15-17-19-21-22-24-26-28-30-32-34-36-42(48)40-45(50)47-43(41-54-55(51,52)53-39-38-46)44(49)37-35-33-31-29-27-25-23-20-18-16-14-12-10-8-6-4-2/h11,13,15,17-18,20,27,29,35,37,42-44,48-49H,3-10,12,14,16,19,21-26,28,30-34,36,38-41,46H2,1-2H3,(H,47,50)(H,51,52)/b13-11-,17-15-,20-18+,29-27+,37-35+. The average molecular weight is 795 g/mol. The lowest BCUT2D eigenvalue weighted by molar-refractivity contribution is -0.124. The number of nitrogens with one attached hydrogen (secondary N) is 1. The summed E-state index contributed by atoms with van der Waals surface area (Å²) in [4.78, 5) is 22.8. The van der Waals surface area contributed by atoms with E-state index in [-0.39, 0.29) is 19.6 Å². The van der Waals surface area contributed by atoms with Crippen molar-refractivity contribution in [1.82, 2.24) is 5.32 Å². The zero-order chi connectivity index (χ0) is 40.5. The predicted molar refractivity (Wildman–Crippen MR) is 232 cm³/mol. The van der Waals surface area contributed by atoms with E-state index in [9.17, 15) is 24.5 Å². The van der Waals surface area contributed by atoms with Gasteiger partial charge in [0.25, 0.3) is 0 Å². The zero-order valence-corrected chi connectivity index (χ0v) is 35.9. The fourth-order valence-corrected chi connectivity index (χ4v) is 6.78. The second kappa shape index (κ2) is 40.4. The van der Waals surface area contributed by atoms with Crippen molar-refractivity contribution in [3.63, 3.8) is 0 Å². The first-order chi connectivity index (χ1) is 26.8. The Bertz CT molecular complexity index is 1060. The molecule has 0 saturated heterocycles. The number of aliphatic hydroxyl groups is 2. The first-order valence-corrected chi connectivity index (χ1v) is 23.5. The number of allylic oxidation sites excluding steroid dienone is 9. The minimum atomic E-state index is -4.41. The molecule has 1 amide bonds. The molecule has 6 N–H and O–H groups in total. The molecule has 0 rings (SSSR count). The minimum absolute atomic E-state index is 0.0392. The number of nitrogens with two attached hydrogens (primary N) is 1. The van der Waals surface area contributed by atoms with Crippen LogP contribution in [0.2, 0.25) is 0 Å². The summed E-state index contributed by atoms with van der Waals surface area (Å²) in [7, 11) is -4.41. The van der Waals surface area contributed by atoms with Crippen LogP contribution in [0.3, 0.4) is 0 Å². The Morgan fingerprint density at radius 3 is 1.65 bits per heavy atom. The summed E-state index contributed by atoms with van der Waals surface area (Å²) < 4.78 is 22.1. The van der Waals surface area contributed by atoms with E-state index in [1.807, 2.05) is 6.08 Å². The highest BCUT2D eigenvalue weighted by Crippen LogP contribution is 2.43. The number of unbranched alkanes of at least 4 members (excludes halogenated alkanes) is 19. The van der Waals surface area contributed by atoms with Crippen LogP contribution < -0.4 is 11.1 Å². The van der Waals surface area contributed by atoms with Crippen molar-refractivity contribution in [3.8, 4) is 0 Å². The van der Waals surface area contributed by atoms with Gasteiger partial charge in [-0.05, 0) is 70.6 Å². The molecule has 0 fully saturated rings. The fraction of sp³-hybridized carbons (Fsp3) is 0.756. The van der Waals surface area contributed by atoms with Gasteiger partial charge in [0.05, 0.1) is 37.9 Å². The summed E-state index contributed by atoms with van der Waals surface area (Å²) in [6.45, 7) is 3.89. The van der Waals surface area contributed by atoms with Crippen LogP contribution in [0, 0.1) is 0 Å². The third-order valence-corrected chi connectivity index (χ3v) is 10.4. The van der Waals surface area contributed by atoms with Crippen molar-refractivity contribution in [1.29, 1.82) is 0 Å². The summed E-state index contributed by atoms with van der Waals surface area (Å²) in [5, 5.41) is 24.0. The molecule has 0 saturated carbocycles. The summed E-state index contributed by atoms with van der Waals surface area (Å²) >= 11 is 0. The molecule has 0 aromatic heterocycles. The maximum absolute atomic E-state index is 12.8. The number of rotatable bonds is 40. The van der Waals surface area contributed by atoms with Crippen molar-refractivity contribution in [2.45, 2.75) is 199 Å². The molecular weight excluding hydrogens is 711 g/mol. The molecule has 320 valence electrons. The number of amides is 1. The lowest BCUT2D eigenvalue weighted by atomic mass is 10.0. The maximum Gasteiger partial charge on any atom is 0.472 e. The molecule has 0 heterocycles. The largest absolute Gasteiger partial charge is 0.472 e. The number of hydrogen-bond donors (Lipinski definition) is 5. The SMILES string of the molecule is CCCCC/C=C\C=C/CCCCCCCCCCC(O)CC(=O)NC(COP(=O)(O)OCCN)C(O)/C=C/CC/C=C/CC/C=C/CCCCCCCC. The van der Waals surface area contributed by atoms with E-state index < -0.39 is 38.6 Å². The van der Waals surface area contributed by atoms with Gasteiger partial charge in [0, 0.05) is 6.54 Å². The van der Waals surface area contributed by atoms with Crippen LogP contribution in [0.1, 0.15) is 181 Å². The molecule has 9 nitrogen and oxygen atoms in total. The Labute approximate surface area is 337 Å². The first kappa shape index (κ1) is 53.2. The highest BCUT2D eigenvalue weighted by Gasteiger charge is 2.27. The molecule has 55 heavy (non-hydrogen) atoms. The van der Waals surface area contributed by atoms with Gasteiger partial charge < -0.3 is 26.2 Å². The van der Waals surface area contributed by atoms with Crippen molar-refractivity contribution >= 4 is 13.7 Å². The van der Waals surface area contributed by atoms with Crippen LogP contribution in [0.15, 0.2) is 60.8 Å². The van der Waals surface area contributed by atoms with Crippen LogP contribution in [-0.2, 0) is 18.4 Å². The van der Waals surface area contributed by atoms with Crippen molar-refractivity contribution in [2.24, 2.45) is 5.73 Å². The molecule has 0 aliphatic heterocycles. The van der Waals surface area contributed by atoms with E-state index >= 15 is 0 Å². The highest BCUT2D eigenvalue weighted by atomic mass is 31.2. The molecular formula is C45H83N2O7P. The van der Waals surface area contributed by atoms with E-state index in [4.69, 9.17) is 14.8 Å². The van der Waals surface area contributed by atoms with Gasteiger partial charge in [-0.1, -0.05) is 164 Å². The lowest BCUT2D eigenvalue weighted by Gasteiger charge is -2.24. The van der Waals surface area contributed by atoms with Gasteiger partial charge in [0.15, 0.2) is 0 Å². The molecule has 0 aliphatic carbocycles. The fourth-order valence-electron chi connectivity index (χ4n) is 6.02. The quantitative estimate of drug-likeness (QED) is 0.0178. The van der Waals surface area contributed by atoms with Crippen molar-refractivity contribution in [2.75, 3.05) is 19.8 Å². The topological polar surface area (TPSA) is 151 Å². The van der Waals surface area contributed by atoms with Gasteiger partial charge in [-0.3, -0.25) is 13.8 Å². The van der Waals surface area contributed by atoms with Gasteiger partial charge in [-0.2, -0.15) is 0 Å². The molecule has 0 spiro atoms. The predicted octanol–water partition coefficient (Wildman–Crippen LogP) is 11.2. The van der Waals surface area contributed by atoms with Gasteiger partial charge in [0.2, 0.25) is 5.91 Å². The first-order valence-electron chi connectivity index (χ1n) is 22.0. The minimum Gasteiger partial charge on any atom is -0.393 e. The summed E-state index contributed by atoms with van der Waals surface area (Å²) in [5.41, 5.74) is 5.36. The van der Waals surface area contributed by atoms with Crippen LogP contribution >= 0.6 is 7.82 Å². The number of hydrogen-bond acceptors (Lipinski definition) is 7. The number of aliphatic hydroxyl groups excluding tert-OH is 2.